The van der Waals surface area contributed by atoms with E-state index in [1.807, 2.05) is 0 Å². The van der Waals surface area contributed by atoms with Gasteiger partial charge in [-0.3, -0.25) is 9.59 Å². The van der Waals surface area contributed by atoms with E-state index in [2.05, 4.69) is 0 Å². The molecule has 0 spiro atoms. The molecule has 0 saturated carbocycles. The van der Waals surface area contributed by atoms with Crippen molar-refractivity contribution in [2.75, 3.05) is 13.1 Å². The summed E-state index contributed by atoms with van der Waals surface area (Å²) < 4.78 is 37.7. The lowest BCUT2D eigenvalue weighted by atomic mass is 9.95. The minimum atomic E-state index is -4.21. The Balaban J connectivity index is 2.05. The molecule has 1 saturated heterocycles. The van der Waals surface area contributed by atoms with Crippen molar-refractivity contribution >= 4 is 11.8 Å². The van der Waals surface area contributed by atoms with Crippen LogP contribution in [0.3, 0.4) is 0 Å². The fraction of sp³-hybridized carbons (Fsp3) is 0.429. The summed E-state index contributed by atoms with van der Waals surface area (Å²) in [5.74, 6) is -2.38. The van der Waals surface area contributed by atoms with E-state index in [-0.39, 0.29) is 43.0 Å². The predicted molar refractivity (Wildman–Crippen MR) is 69.6 cm³/mol. The number of piperidine rings is 1. The van der Waals surface area contributed by atoms with Gasteiger partial charge in [0, 0.05) is 24.2 Å². The maximum Gasteiger partial charge on any atom is 0.391 e. The molecule has 1 heterocycles. The van der Waals surface area contributed by atoms with E-state index in [1.54, 1.807) is 0 Å². The van der Waals surface area contributed by atoms with Gasteiger partial charge in [0.15, 0.2) is 0 Å². The number of likely N-dealkylation sites (tertiary alicyclic amines) is 1. The van der Waals surface area contributed by atoms with Crippen molar-refractivity contribution in [1.82, 2.24) is 4.90 Å². The first-order chi connectivity index (χ1) is 9.79. The summed E-state index contributed by atoms with van der Waals surface area (Å²) in [4.78, 5) is 24.7. The molecule has 2 rings (SSSR count). The summed E-state index contributed by atoms with van der Waals surface area (Å²) in [6.45, 7) is 0.119. The Morgan fingerprint density at radius 2 is 1.71 bits per heavy atom. The second-order valence-electron chi connectivity index (χ2n) is 5.05. The van der Waals surface area contributed by atoms with E-state index >= 15 is 0 Å². The van der Waals surface area contributed by atoms with Gasteiger partial charge in [0.05, 0.1) is 5.92 Å². The Bertz CT molecular complexity index is 549. The third-order valence-corrected chi connectivity index (χ3v) is 3.64. The van der Waals surface area contributed by atoms with Crippen LogP contribution in [0.25, 0.3) is 0 Å². The molecule has 2 N–H and O–H groups in total. The van der Waals surface area contributed by atoms with Crippen LogP contribution in [0.1, 0.15) is 33.6 Å². The number of alkyl halides is 3. The summed E-state index contributed by atoms with van der Waals surface area (Å²) >= 11 is 0. The van der Waals surface area contributed by atoms with E-state index in [1.165, 1.54) is 29.2 Å². The first-order valence-corrected chi connectivity index (χ1v) is 6.55. The Labute approximate surface area is 119 Å². The summed E-state index contributed by atoms with van der Waals surface area (Å²) in [5.41, 5.74) is 5.60. The average molecular weight is 300 g/mol. The Kier molecular flexibility index (Phi) is 4.20. The van der Waals surface area contributed by atoms with Crippen molar-refractivity contribution in [3.63, 3.8) is 0 Å². The number of rotatable bonds is 2. The molecule has 0 bridgehead atoms. The maximum atomic E-state index is 12.6. The van der Waals surface area contributed by atoms with E-state index in [0.29, 0.717) is 0 Å². The third kappa shape index (κ3) is 3.53. The molecule has 7 heteroatoms. The first kappa shape index (κ1) is 15.3. The number of benzene rings is 1. The maximum absolute atomic E-state index is 12.6. The molecule has 0 atom stereocenters. The van der Waals surface area contributed by atoms with Crippen LogP contribution in [-0.2, 0) is 0 Å². The van der Waals surface area contributed by atoms with Gasteiger partial charge >= 0.3 is 6.18 Å². The quantitative estimate of drug-likeness (QED) is 0.910. The SMILES string of the molecule is NC(=O)c1cccc(C(=O)N2CCC(C(F)(F)F)CC2)c1. The Hall–Kier alpha value is -2.05. The Morgan fingerprint density at radius 1 is 1.14 bits per heavy atom. The molecule has 1 aliphatic rings. The molecule has 0 unspecified atom stereocenters. The zero-order valence-corrected chi connectivity index (χ0v) is 11.2. The van der Waals surface area contributed by atoms with Crippen LogP contribution in [0.5, 0.6) is 0 Å². The lowest BCUT2D eigenvalue weighted by Crippen LogP contribution is -2.42. The summed E-state index contributed by atoms with van der Waals surface area (Å²) in [6, 6.07) is 5.88. The number of carbonyl (C=O) groups is 2. The molecule has 1 aromatic rings. The van der Waals surface area contributed by atoms with Crippen molar-refractivity contribution in [3.8, 4) is 0 Å². The second kappa shape index (κ2) is 5.75. The zero-order valence-electron chi connectivity index (χ0n) is 11.2. The highest BCUT2D eigenvalue weighted by Crippen LogP contribution is 2.34. The third-order valence-electron chi connectivity index (χ3n) is 3.64. The second-order valence-corrected chi connectivity index (χ2v) is 5.05. The molecular formula is C14H15F3N2O2. The zero-order chi connectivity index (χ0) is 15.6. The van der Waals surface area contributed by atoms with E-state index in [0.717, 1.165) is 0 Å². The van der Waals surface area contributed by atoms with Crippen LogP contribution in [0.4, 0.5) is 13.2 Å². The largest absolute Gasteiger partial charge is 0.391 e. The van der Waals surface area contributed by atoms with Crippen molar-refractivity contribution in [2.24, 2.45) is 11.7 Å². The molecule has 1 aliphatic heterocycles. The number of amides is 2. The Morgan fingerprint density at radius 3 is 2.24 bits per heavy atom. The molecule has 0 aliphatic carbocycles. The van der Waals surface area contributed by atoms with Gasteiger partial charge in [-0.25, -0.2) is 0 Å². The standard InChI is InChI=1S/C14H15F3N2O2/c15-14(16,17)11-4-6-19(7-5-11)13(21)10-3-1-2-9(8-10)12(18)20/h1-3,8,11H,4-7H2,(H2,18,20). The van der Waals surface area contributed by atoms with E-state index in [4.69, 9.17) is 5.73 Å². The number of primary amides is 1. The summed E-state index contributed by atoms with van der Waals surface area (Å²) in [5, 5.41) is 0. The predicted octanol–water partition coefficient (Wildman–Crippen LogP) is 2.20. The normalized spacial score (nSPS) is 16.8. The fourth-order valence-electron chi connectivity index (χ4n) is 2.40. The number of hydrogen-bond donors (Lipinski definition) is 1. The van der Waals surface area contributed by atoms with Crippen LogP contribution >= 0.6 is 0 Å². The molecule has 4 nitrogen and oxygen atoms in total. The number of carbonyl (C=O) groups excluding carboxylic acids is 2. The number of halogens is 3. The van der Waals surface area contributed by atoms with Crippen LogP contribution in [0, 0.1) is 5.92 Å². The van der Waals surface area contributed by atoms with Gasteiger partial charge < -0.3 is 10.6 Å². The van der Waals surface area contributed by atoms with Crippen LogP contribution in [0.2, 0.25) is 0 Å². The van der Waals surface area contributed by atoms with Gasteiger partial charge in [0.1, 0.15) is 0 Å². The van der Waals surface area contributed by atoms with Gasteiger partial charge in [-0.2, -0.15) is 13.2 Å². The highest BCUT2D eigenvalue weighted by atomic mass is 19.4. The monoisotopic (exact) mass is 300 g/mol. The fourth-order valence-corrected chi connectivity index (χ4v) is 2.40. The molecule has 114 valence electrons. The number of nitrogens with zero attached hydrogens (tertiary/aromatic N) is 1. The van der Waals surface area contributed by atoms with Crippen LogP contribution < -0.4 is 5.73 Å². The molecule has 1 aromatic carbocycles. The van der Waals surface area contributed by atoms with Crippen molar-refractivity contribution in [2.45, 2.75) is 19.0 Å². The smallest absolute Gasteiger partial charge is 0.366 e. The minimum absolute atomic E-state index is 0.0593. The highest BCUT2D eigenvalue weighted by molar-refractivity contribution is 5.99. The summed E-state index contributed by atoms with van der Waals surface area (Å²) in [6.07, 6.45) is -4.39. The van der Waals surface area contributed by atoms with Gasteiger partial charge in [0.25, 0.3) is 5.91 Å². The number of nitrogens with two attached hydrogens (primary N) is 1. The van der Waals surface area contributed by atoms with Gasteiger partial charge in [-0.05, 0) is 31.0 Å². The number of hydrogen-bond acceptors (Lipinski definition) is 2. The van der Waals surface area contributed by atoms with Crippen LogP contribution in [0.15, 0.2) is 24.3 Å². The molecule has 1 fully saturated rings. The molecule has 0 aromatic heterocycles. The van der Waals surface area contributed by atoms with E-state index in [9.17, 15) is 22.8 Å². The molecule has 0 radical (unpaired) electrons. The highest BCUT2D eigenvalue weighted by Gasteiger charge is 2.41. The van der Waals surface area contributed by atoms with E-state index < -0.39 is 18.0 Å². The van der Waals surface area contributed by atoms with Gasteiger partial charge in [0.2, 0.25) is 5.91 Å². The molecule has 21 heavy (non-hydrogen) atoms. The molecular weight excluding hydrogens is 285 g/mol. The van der Waals surface area contributed by atoms with Crippen LogP contribution in [-0.4, -0.2) is 36.0 Å². The molecule has 2 amide bonds. The van der Waals surface area contributed by atoms with Gasteiger partial charge in [-0.1, -0.05) is 6.07 Å². The lowest BCUT2D eigenvalue weighted by Gasteiger charge is -2.33. The van der Waals surface area contributed by atoms with Crippen molar-refractivity contribution < 1.29 is 22.8 Å². The topological polar surface area (TPSA) is 63.4 Å². The first-order valence-electron chi connectivity index (χ1n) is 6.55. The minimum Gasteiger partial charge on any atom is -0.366 e. The van der Waals surface area contributed by atoms with Crippen molar-refractivity contribution in [1.29, 1.82) is 0 Å². The van der Waals surface area contributed by atoms with Crippen molar-refractivity contribution in [3.05, 3.63) is 35.4 Å². The summed E-state index contributed by atoms with van der Waals surface area (Å²) in [7, 11) is 0. The van der Waals surface area contributed by atoms with Gasteiger partial charge in [-0.15, -0.1) is 0 Å². The lowest BCUT2D eigenvalue weighted by molar-refractivity contribution is -0.183. The average Bonchev–Trinajstić information content (AvgIpc) is 2.46.